The fourth-order valence-corrected chi connectivity index (χ4v) is 3.79. The topological polar surface area (TPSA) is 78.5 Å². The molecule has 0 saturated heterocycles. The third-order valence-corrected chi connectivity index (χ3v) is 5.22. The van der Waals surface area contributed by atoms with Crippen molar-refractivity contribution in [1.29, 1.82) is 0 Å². The molecule has 6 heteroatoms. The van der Waals surface area contributed by atoms with E-state index in [1.165, 1.54) is 6.92 Å². The van der Waals surface area contributed by atoms with Gasteiger partial charge in [-0.2, -0.15) is 0 Å². The van der Waals surface area contributed by atoms with E-state index in [4.69, 9.17) is 0 Å². The molecule has 3 amide bonds. The molecule has 0 spiro atoms. The fourth-order valence-electron chi connectivity index (χ4n) is 3.79. The molecule has 0 fully saturated rings. The molecule has 6 nitrogen and oxygen atoms in total. The minimum atomic E-state index is -0.430. The highest BCUT2D eigenvalue weighted by Crippen LogP contribution is 2.35. The van der Waals surface area contributed by atoms with E-state index >= 15 is 0 Å². The van der Waals surface area contributed by atoms with Crippen molar-refractivity contribution in [2.75, 3.05) is 15.5 Å². The van der Waals surface area contributed by atoms with Crippen LogP contribution in [0.5, 0.6) is 0 Å². The molecule has 1 aliphatic heterocycles. The van der Waals surface area contributed by atoms with Gasteiger partial charge in [-0.25, -0.2) is 4.90 Å². The largest absolute Gasteiger partial charge is 0.350 e. The second-order valence-electron chi connectivity index (χ2n) is 7.73. The monoisotopic (exact) mass is 425 g/mol. The predicted molar refractivity (Wildman–Crippen MR) is 126 cm³/mol. The van der Waals surface area contributed by atoms with E-state index in [9.17, 15) is 14.4 Å². The van der Waals surface area contributed by atoms with Crippen LogP contribution in [0, 0.1) is 13.8 Å². The molecular weight excluding hydrogens is 402 g/mol. The van der Waals surface area contributed by atoms with Crippen molar-refractivity contribution < 1.29 is 14.4 Å². The van der Waals surface area contributed by atoms with Crippen LogP contribution in [0.4, 0.5) is 17.1 Å². The standard InChI is InChI=1S/C26H23N3O3/c1-16-9-14-22(17(2)15-16)23-24(28-19-7-5-4-6-8-19)26(32)29(25(23)31)21-12-10-20(11-13-21)27-18(3)30/h4-15,28H,1-3H3,(H,27,30). The van der Waals surface area contributed by atoms with E-state index in [0.29, 0.717) is 28.2 Å². The summed E-state index contributed by atoms with van der Waals surface area (Å²) in [7, 11) is 0. The Morgan fingerprint density at radius 3 is 2.12 bits per heavy atom. The molecular formula is C26H23N3O3. The highest BCUT2D eigenvalue weighted by atomic mass is 16.2. The van der Waals surface area contributed by atoms with Crippen LogP contribution in [-0.2, 0) is 14.4 Å². The number of benzene rings is 3. The zero-order valence-corrected chi connectivity index (χ0v) is 18.1. The van der Waals surface area contributed by atoms with Gasteiger partial charge in [0.15, 0.2) is 0 Å². The summed E-state index contributed by atoms with van der Waals surface area (Å²) >= 11 is 0. The fraction of sp³-hybridized carbons (Fsp3) is 0.115. The summed E-state index contributed by atoms with van der Waals surface area (Å²) in [4.78, 5) is 39.5. The Balaban J connectivity index is 1.78. The first-order valence-electron chi connectivity index (χ1n) is 10.3. The Morgan fingerprint density at radius 2 is 1.50 bits per heavy atom. The van der Waals surface area contributed by atoms with Crippen LogP contribution >= 0.6 is 0 Å². The van der Waals surface area contributed by atoms with Crippen molar-refractivity contribution >= 4 is 40.4 Å². The number of rotatable bonds is 5. The molecule has 0 bridgehead atoms. The van der Waals surface area contributed by atoms with E-state index in [-0.39, 0.29) is 11.6 Å². The molecule has 0 saturated carbocycles. The molecule has 0 atom stereocenters. The average molecular weight is 425 g/mol. The van der Waals surface area contributed by atoms with Crippen LogP contribution < -0.4 is 15.5 Å². The average Bonchev–Trinajstić information content (AvgIpc) is 2.99. The molecule has 3 aromatic rings. The van der Waals surface area contributed by atoms with Crippen molar-refractivity contribution in [3.8, 4) is 0 Å². The van der Waals surface area contributed by atoms with E-state index < -0.39 is 11.8 Å². The van der Waals surface area contributed by atoms with Gasteiger partial charge in [-0.3, -0.25) is 14.4 Å². The number of nitrogens with one attached hydrogen (secondary N) is 2. The second kappa shape index (κ2) is 8.51. The summed E-state index contributed by atoms with van der Waals surface area (Å²) in [5.74, 6) is -1.02. The number of anilines is 3. The normalized spacial score (nSPS) is 13.5. The molecule has 4 rings (SSSR count). The number of hydrogen-bond acceptors (Lipinski definition) is 4. The Morgan fingerprint density at radius 1 is 0.812 bits per heavy atom. The first-order valence-corrected chi connectivity index (χ1v) is 10.3. The highest BCUT2D eigenvalue weighted by Gasteiger charge is 2.40. The lowest BCUT2D eigenvalue weighted by Gasteiger charge is -2.16. The Kier molecular flexibility index (Phi) is 5.60. The molecule has 0 aliphatic carbocycles. The number of carbonyl (C=O) groups is 3. The van der Waals surface area contributed by atoms with E-state index in [1.54, 1.807) is 24.3 Å². The van der Waals surface area contributed by atoms with E-state index in [2.05, 4.69) is 10.6 Å². The molecule has 1 aliphatic rings. The van der Waals surface area contributed by atoms with Crippen LogP contribution in [0.3, 0.4) is 0 Å². The Bertz CT molecular complexity index is 1250. The number of hydrogen-bond donors (Lipinski definition) is 2. The van der Waals surface area contributed by atoms with Gasteiger partial charge in [-0.15, -0.1) is 0 Å². The first-order chi connectivity index (χ1) is 15.3. The number of carbonyl (C=O) groups excluding carboxylic acids is 3. The SMILES string of the molecule is CC(=O)Nc1ccc(N2C(=O)C(Nc3ccccc3)=C(c3ccc(C)cc3C)C2=O)cc1. The zero-order chi connectivity index (χ0) is 22.8. The maximum absolute atomic E-state index is 13.6. The van der Waals surface area contributed by atoms with Crippen molar-refractivity contribution in [1.82, 2.24) is 0 Å². The third-order valence-electron chi connectivity index (χ3n) is 5.22. The molecule has 0 radical (unpaired) electrons. The number of imide groups is 1. The predicted octanol–water partition coefficient (Wildman–Crippen LogP) is 4.66. The number of amides is 3. The molecule has 1 heterocycles. The van der Waals surface area contributed by atoms with Crippen molar-refractivity contribution in [3.05, 3.63) is 95.2 Å². The summed E-state index contributed by atoms with van der Waals surface area (Å²) in [5, 5.41) is 5.84. The molecule has 0 aromatic heterocycles. The molecule has 2 N–H and O–H groups in total. The van der Waals surface area contributed by atoms with Gasteiger partial charge in [-0.1, -0.05) is 42.0 Å². The minimum Gasteiger partial charge on any atom is -0.350 e. The molecule has 160 valence electrons. The maximum atomic E-state index is 13.6. The van der Waals surface area contributed by atoms with Crippen molar-refractivity contribution in [2.24, 2.45) is 0 Å². The third kappa shape index (κ3) is 4.03. The minimum absolute atomic E-state index is 0.195. The lowest BCUT2D eigenvalue weighted by Crippen LogP contribution is -2.32. The van der Waals surface area contributed by atoms with Gasteiger partial charge in [0.05, 0.1) is 11.3 Å². The number of para-hydroxylation sites is 1. The second-order valence-corrected chi connectivity index (χ2v) is 7.73. The molecule has 32 heavy (non-hydrogen) atoms. The van der Waals surface area contributed by atoms with Crippen LogP contribution in [0.25, 0.3) is 5.57 Å². The molecule has 0 unspecified atom stereocenters. The number of aryl methyl sites for hydroxylation is 2. The van der Waals surface area contributed by atoms with Gasteiger partial charge in [-0.05, 0) is 61.4 Å². The summed E-state index contributed by atoms with van der Waals surface area (Å²) in [6.07, 6.45) is 0. The smallest absolute Gasteiger partial charge is 0.282 e. The van der Waals surface area contributed by atoms with Crippen LogP contribution in [0.1, 0.15) is 23.6 Å². The van der Waals surface area contributed by atoms with Gasteiger partial charge >= 0.3 is 0 Å². The quantitative estimate of drug-likeness (QED) is 0.583. The van der Waals surface area contributed by atoms with Gasteiger partial charge in [0.2, 0.25) is 5.91 Å². The Labute approximate surface area is 186 Å². The first kappa shape index (κ1) is 21.1. The van der Waals surface area contributed by atoms with E-state index in [1.807, 2.05) is 62.4 Å². The van der Waals surface area contributed by atoms with Crippen LogP contribution in [-0.4, -0.2) is 17.7 Å². The van der Waals surface area contributed by atoms with Gasteiger partial charge in [0, 0.05) is 18.3 Å². The van der Waals surface area contributed by atoms with Gasteiger partial charge in [0.1, 0.15) is 5.70 Å². The summed E-state index contributed by atoms with van der Waals surface area (Å²) in [6, 6.07) is 21.7. The van der Waals surface area contributed by atoms with Crippen LogP contribution in [0.2, 0.25) is 0 Å². The molecule has 3 aromatic carbocycles. The van der Waals surface area contributed by atoms with Gasteiger partial charge < -0.3 is 10.6 Å². The summed E-state index contributed by atoms with van der Waals surface area (Å²) < 4.78 is 0. The number of nitrogens with zero attached hydrogens (tertiary/aromatic N) is 1. The zero-order valence-electron chi connectivity index (χ0n) is 18.1. The highest BCUT2D eigenvalue weighted by molar-refractivity contribution is 6.46. The lowest BCUT2D eigenvalue weighted by molar-refractivity contribution is -0.120. The van der Waals surface area contributed by atoms with Gasteiger partial charge in [0.25, 0.3) is 11.8 Å². The summed E-state index contributed by atoms with van der Waals surface area (Å²) in [5.41, 5.74) is 5.01. The van der Waals surface area contributed by atoms with Crippen molar-refractivity contribution in [2.45, 2.75) is 20.8 Å². The van der Waals surface area contributed by atoms with Crippen molar-refractivity contribution in [3.63, 3.8) is 0 Å². The van der Waals surface area contributed by atoms with E-state index in [0.717, 1.165) is 16.0 Å². The maximum Gasteiger partial charge on any atom is 0.282 e. The Hall–Kier alpha value is -4.19. The summed E-state index contributed by atoms with van der Waals surface area (Å²) in [6.45, 7) is 5.33. The lowest BCUT2D eigenvalue weighted by atomic mass is 9.97. The van der Waals surface area contributed by atoms with Crippen LogP contribution in [0.15, 0.2) is 78.5 Å².